The normalized spacial score (nSPS) is 17.8. The number of fused-ring (bicyclic) bond motifs is 2. The average molecular weight is 550 g/mol. The van der Waals surface area contributed by atoms with Crippen LogP contribution in [-0.2, 0) is 16.1 Å². The molecule has 1 N–H and O–H groups in total. The van der Waals surface area contributed by atoms with Gasteiger partial charge in [-0.3, -0.25) is 9.69 Å². The lowest BCUT2D eigenvalue weighted by molar-refractivity contribution is -0.117. The van der Waals surface area contributed by atoms with E-state index in [1.807, 2.05) is 24.3 Å². The molecule has 0 unspecified atom stereocenters. The summed E-state index contributed by atoms with van der Waals surface area (Å²) < 4.78 is 17.7. The van der Waals surface area contributed by atoms with Crippen LogP contribution < -0.4 is 19.7 Å². The van der Waals surface area contributed by atoms with Gasteiger partial charge >= 0.3 is 0 Å². The molecule has 0 aromatic heterocycles. The highest BCUT2D eigenvalue weighted by atomic mass is 35.5. The second-order valence-corrected chi connectivity index (χ2v) is 10.4. The van der Waals surface area contributed by atoms with Gasteiger partial charge in [-0.25, -0.2) is 0 Å². The first-order chi connectivity index (χ1) is 19.1. The Morgan fingerprint density at radius 3 is 2.38 bits per heavy atom. The first-order valence-corrected chi connectivity index (χ1v) is 14.1. The number of nitrogens with one attached hydrogen (secondary N) is 1. The lowest BCUT2D eigenvalue weighted by Gasteiger charge is -2.29. The summed E-state index contributed by atoms with van der Waals surface area (Å²) in [6.45, 7) is 5.80. The molecule has 0 bridgehead atoms. The monoisotopic (exact) mass is 549 g/mol. The zero-order valence-electron chi connectivity index (χ0n) is 22.2. The highest BCUT2D eigenvalue weighted by Gasteiger charge is 2.17. The predicted octanol–water partition coefficient (Wildman–Crippen LogP) is 6.36. The van der Waals surface area contributed by atoms with Gasteiger partial charge in [0.25, 0.3) is 0 Å². The van der Waals surface area contributed by atoms with E-state index in [2.05, 4.69) is 39.4 Å². The molecule has 5 rings (SSSR count). The third-order valence-electron chi connectivity index (χ3n) is 7.00. The van der Waals surface area contributed by atoms with Crippen LogP contribution in [0.3, 0.4) is 0 Å². The summed E-state index contributed by atoms with van der Waals surface area (Å²) in [6, 6.07) is 21.5. The molecule has 0 atom stereocenters. The smallest absolute Gasteiger partial charge is 0.238 e. The van der Waals surface area contributed by atoms with Crippen LogP contribution >= 0.6 is 11.6 Å². The Morgan fingerprint density at radius 2 is 1.56 bits per heavy atom. The van der Waals surface area contributed by atoms with Gasteiger partial charge in [0.05, 0.1) is 32.1 Å². The van der Waals surface area contributed by atoms with E-state index < -0.39 is 0 Å². The number of amides is 1. The van der Waals surface area contributed by atoms with Gasteiger partial charge in [0, 0.05) is 30.3 Å². The van der Waals surface area contributed by atoms with Crippen LogP contribution in [0.1, 0.15) is 31.2 Å². The van der Waals surface area contributed by atoms with Gasteiger partial charge in [0.15, 0.2) is 17.2 Å². The number of nitrogens with zero attached hydrogens (tertiary/aromatic N) is 2. The molecular formula is C31H36ClN3O4. The Bertz CT molecular complexity index is 1230. The van der Waals surface area contributed by atoms with Crippen molar-refractivity contribution in [1.29, 1.82) is 0 Å². The Hall–Kier alpha value is -3.26. The highest BCUT2D eigenvalue weighted by Crippen LogP contribution is 2.36. The fourth-order valence-electron chi connectivity index (χ4n) is 4.93. The van der Waals surface area contributed by atoms with Crippen LogP contribution in [-0.4, -0.2) is 56.8 Å². The molecule has 7 nitrogen and oxygen atoms in total. The minimum absolute atomic E-state index is 0.108. The number of hydrogen-bond donors (Lipinski definition) is 1. The van der Waals surface area contributed by atoms with Gasteiger partial charge < -0.3 is 24.4 Å². The Balaban J connectivity index is 1.31. The molecule has 0 spiro atoms. The molecule has 2 aliphatic rings. The van der Waals surface area contributed by atoms with E-state index in [1.165, 1.54) is 11.3 Å². The van der Waals surface area contributed by atoms with Gasteiger partial charge in [-0.05, 0) is 67.4 Å². The van der Waals surface area contributed by atoms with E-state index in [4.69, 9.17) is 25.8 Å². The van der Waals surface area contributed by atoms with Crippen LogP contribution in [0.5, 0.6) is 17.2 Å². The Labute approximate surface area is 235 Å². The van der Waals surface area contributed by atoms with Crippen molar-refractivity contribution < 1.29 is 19.0 Å². The molecule has 2 heterocycles. The molecule has 0 radical (unpaired) electrons. The molecule has 1 amide bonds. The third-order valence-corrected chi connectivity index (χ3v) is 7.23. The molecule has 2 aliphatic heterocycles. The highest BCUT2D eigenvalue weighted by molar-refractivity contribution is 6.31. The summed E-state index contributed by atoms with van der Waals surface area (Å²) in [6.07, 6.45) is 4.12. The van der Waals surface area contributed by atoms with Crippen LogP contribution in [0.4, 0.5) is 11.4 Å². The van der Waals surface area contributed by atoms with E-state index in [0.29, 0.717) is 41.1 Å². The van der Waals surface area contributed by atoms with Gasteiger partial charge in [-0.1, -0.05) is 48.7 Å². The van der Waals surface area contributed by atoms with Crippen LogP contribution in [0.15, 0.2) is 66.7 Å². The van der Waals surface area contributed by atoms with Crippen LogP contribution in [0.25, 0.3) is 0 Å². The van der Waals surface area contributed by atoms with Crippen molar-refractivity contribution in [3.05, 3.63) is 77.3 Å². The topological polar surface area (TPSA) is 63.3 Å². The van der Waals surface area contributed by atoms with Gasteiger partial charge in [-0.15, -0.1) is 0 Å². The number of rotatable bonds is 3. The minimum Gasteiger partial charge on any atom is -0.490 e. The van der Waals surface area contributed by atoms with Crippen molar-refractivity contribution in [2.24, 2.45) is 0 Å². The quantitative estimate of drug-likeness (QED) is 0.410. The summed E-state index contributed by atoms with van der Waals surface area (Å²) in [4.78, 5) is 17.8. The number of morpholine rings is 1. The van der Waals surface area contributed by atoms with Crippen molar-refractivity contribution in [2.45, 2.75) is 32.2 Å². The summed E-state index contributed by atoms with van der Waals surface area (Å²) >= 11 is 6.29. The Kier molecular flexibility index (Phi) is 9.59. The van der Waals surface area contributed by atoms with Crippen molar-refractivity contribution in [3.63, 3.8) is 0 Å². The maximum Gasteiger partial charge on any atom is 0.238 e. The third kappa shape index (κ3) is 7.88. The molecule has 8 heteroatoms. The molecule has 1 saturated heterocycles. The average Bonchev–Trinajstić information content (AvgIpc) is 2.95. The molecule has 206 valence electrons. The molecule has 0 saturated carbocycles. The van der Waals surface area contributed by atoms with Crippen molar-refractivity contribution in [2.75, 3.05) is 56.2 Å². The molecular weight excluding hydrogens is 514 g/mol. The van der Waals surface area contributed by atoms with E-state index >= 15 is 0 Å². The lowest BCUT2D eigenvalue weighted by Crippen LogP contribution is -2.36. The minimum atomic E-state index is -0.108. The second-order valence-electron chi connectivity index (χ2n) is 9.98. The standard InChI is InChI=1S/C31H36ClN3O4/c32-25-11-14-28-27(21-25)33-31(36)23-34(22-24-9-12-26(13-10-24)35-16-19-37-20-17-35)15-5-1-2-6-18-38-29-7-3-4-8-30(29)39-28/h3-4,7-14,21H,1-2,5-6,15-20,22-23H2,(H,33,36). The number of carbonyl (C=O) groups is 1. The molecule has 3 aromatic rings. The predicted molar refractivity (Wildman–Crippen MR) is 155 cm³/mol. The van der Waals surface area contributed by atoms with Crippen LogP contribution in [0.2, 0.25) is 5.02 Å². The Morgan fingerprint density at radius 1 is 0.795 bits per heavy atom. The van der Waals surface area contributed by atoms with E-state index in [-0.39, 0.29) is 12.5 Å². The van der Waals surface area contributed by atoms with E-state index in [1.54, 1.807) is 18.2 Å². The molecule has 39 heavy (non-hydrogen) atoms. The fraction of sp³-hybridized carbons (Fsp3) is 0.387. The fourth-order valence-corrected chi connectivity index (χ4v) is 5.11. The van der Waals surface area contributed by atoms with Gasteiger partial charge in [0.1, 0.15) is 0 Å². The number of halogens is 1. The second kappa shape index (κ2) is 13.7. The largest absolute Gasteiger partial charge is 0.490 e. The summed E-state index contributed by atoms with van der Waals surface area (Å²) in [5.41, 5.74) is 2.93. The molecule has 0 aliphatic carbocycles. The first-order valence-electron chi connectivity index (χ1n) is 13.8. The number of ether oxygens (including phenoxy) is 3. The molecule has 1 fully saturated rings. The maximum atomic E-state index is 13.3. The SMILES string of the molecule is O=C1CN(Cc2ccc(N3CCOCC3)cc2)CCCCCCOc2ccccc2Oc2ccc(Cl)cc2N1. The molecule has 3 aromatic carbocycles. The van der Waals surface area contributed by atoms with Crippen molar-refractivity contribution >= 4 is 28.9 Å². The maximum absolute atomic E-state index is 13.3. The summed E-state index contributed by atoms with van der Waals surface area (Å²) in [5, 5.41) is 3.55. The zero-order chi connectivity index (χ0) is 26.9. The number of para-hydroxylation sites is 2. The summed E-state index contributed by atoms with van der Waals surface area (Å²) in [7, 11) is 0. The van der Waals surface area contributed by atoms with Crippen molar-refractivity contribution in [3.8, 4) is 17.2 Å². The van der Waals surface area contributed by atoms with Crippen molar-refractivity contribution in [1.82, 2.24) is 4.90 Å². The van der Waals surface area contributed by atoms with Crippen LogP contribution in [0, 0.1) is 0 Å². The number of benzene rings is 3. The van der Waals surface area contributed by atoms with E-state index in [0.717, 1.165) is 58.5 Å². The van der Waals surface area contributed by atoms with E-state index in [9.17, 15) is 4.79 Å². The summed E-state index contributed by atoms with van der Waals surface area (Å²) in [5.74, 6) is 1.69. The first kappa shape index (κ1) is 27.3. The zero-order valence-corrected chi connectivity index (χ0v) is 23.0. The lowest BCUT2D eigenvalue weighted by atomic mass is 10.1. The number of hydrogen-bond acceptors (Lipinski definition) is 6. The van der Waals surface area contributed by atoms with Gasteiger partial charge in [0.2, 0.25) is 5.91 Å². The van der Waals surface area contributed by atoms with Gasteiger partial charge in [-0.2, -0.15) is 0 Å². The number of anilines is 2. The number of carbonyl (C=O) groups excluding carboxylic acids is 1.